The van der Waals surface area contributed by atoms with Crippen LogP contribution in [0.25, 0.3) is 0 Å². The Morgan fingerprint density at radius 3 is 2.52 bits per heavy atom. The first-order valence-corrected chi connectivity index (χ1v) is 11.0. The van der Waals surface area contributed by atoms with Crippen molar-refractivity contribution in [1.82, 2.24) is 9.80 Å². The van der Waals surface area contributed by atoms with Gasteiger partial charge in [0.05, 0.1) is 19.6 Å². The van der Waals surface area contributed by atoms with Crippen LogP contribution < -0.4 is 10.5 Å². The van der Waals surface area contributed by atoms with Gasteiger partial charge in [-0.3, -0.25) is 19.3 Å². The maximum absolute atomic E-state index is 12.9. The Hall–Kier alpha value is -2.61. The first kappa shape index (κ1) is 23.1. The molecule has 0 bridgehead atoms. The number of methoxy groups -OCH3 is 1. The molecule has 2 amide bonds. The third-order valence-corrected chi connectivity index (χ3v) is 6.67. The average molecular weight is 432 g/mol. The van der Waals surface area contributed by atoms with Gasteiger partial charge in [0.25, 0.3) is 0 Å². The number of carboxylic acids is 1. The highest BCUT2D eigenvalue weighted by Gasteiger charge is 2.35. The second kappa shape index (κ2) is 10.6. The van der Waals surface area contributed by atoms with Crippen molar-refractivity contribution >= 4 is 17.8 Å². The second-order valence-corrected chi connectivity index (χ2v) is 8.66. The number of carbonyl (C=O) groups is 3. The van der Waals surface area contributed by atoms with Crippen LogP contribution in [0.5, 0.6) is 5.75 Å². The molecule has 0 saturated carbocycles. The Morgan fingerprint density at radius 1 is 1.13 bits per heavy atom. The monoisotopic (exact) mass is 431 g/mol. The number of hydrogen-bond acceptors (Lipinski definition) is 5. The van der Waals surface area contributed by atoms with E-state index < -0.39 is 5.97 Å². The van der Waals surface area contributed by atoms with Gasteiger partial charge in [-0.25, -0.2) is 0 Å². The molecule has 3 rings (SSSR count). The molecule has 2 aliphatic heterocycles. The van der Waals surface area contributed by atoms with E-state index in [0.717, 1.165) is 37.1 Å². The molecule has 2 saturated heterocycles. The summed E-state index contributed by atoms with van der Waals surface area (Å²) in [5, 5.41) is 9.33. The molecule has 170 valence electrons. The highest BCUT2D eigenvalue weighted by molar-refractivity contribution is 5.80. The second-order valence-electron chi connectivity index (χ2n) is 8.66. The number of nitrogens with two attached hydrogens (primary N) is 1. The number of aliphatic carboxylic acids is 1. The summed E-state index contributed by atoms with van der Waals surface area (Å²) in [5.74, 6) is -0.151. The maximum Gasteiger partial charge on any atom is 0.303 e. The van der Waals surface area contributed by atoms with Gasteiger partial charge in [0.15, 0.2) is 0 Å². The SMILES string of the molecule is COc1ccc(CC(=O)N2CCC(CC(=O)O)C(CCN3CCCC3C(N)=O)C2)cc1. The molecule has 8 heteroatoms. The zero-order chi connectivity index (χ0) is 22.4. The number of hydrogen-bond donors (Lipinski definition) is 2. The zero-order valence-electron chi connectivity index (χ0n) is 18.2. The minimum atomic E-state index is -0.802. The molecule has 2 fully saturated rings. The predicted octanol–water partition coefficient (Wildman–Crippen LogP) is 1.52. The van der Waals surface area contributed by atoms with E-state index in [0.29, 0.717) is 32.5 Å². The van der Waals surface area contributed by atoms with Crippen molar-refractivity contribution in [3.8, 4) is 5.75 Å². The number of carboxylic acid groups (broad SMARTS) is 1. The number of primary amides is 1. The van der Waals surface area contributed by atoms with Crippen molar-refractivity contribution in [1.29, 1.82) is 0 Å². The third-order valence-electron chi connectivity index (χ3n) is 6.67. The highest BCUT2D eigenvalue weighted by Crippen LogP contribution is 2.31. The summed E-state index contributed by atoms with van der Waals surface area (Å²) in [4.78, 5) is 39.9. The van der Waals surface area contributed by atoms with Gasteiger partial charge in [0.1, 0.15) is 5.75 Å². The number of rotatable bonds is 9. The molecular weight excluding hydrogens is 398 g/mol. The van der Waals surface area contributed by atoms with E-state index in [1.54, 1.807) is 7.11 Å². The fourth-order valence-electron chi connectivity index (χ4n) is 4.90. The van der Waals surface area contributed by atoms with Crippen LogP contribution >= 0.6 is 0 Å². The van der Waals surface area contributed by atoms with Crippen LogP contribution in [0.4, 0.5) is 0 Å². The van der Waals surface area contributed by atoms with Crippen LogP contribution in [0.15, 0.2) is 24.3 Å². The molecule has 31 heavy (non-hydrogen) atoms. The molecule has 3 atom stereocenters. The Balaban J connectivity index is 1.61. The molecule has 0 radical (unpaired) electrons. The maximum atomic E-state index is 12.9. The fraction of sp³-hybridized carbons (Fsp3) is 0.609. The lowest BCUT2D eigenvalue weighted by molar-refractivity contribution is -0.139. The van der Waals surface area contributed by atoms with Crippen molar-refractivity contribution in [3.05, 3.63) is 29.8 Å². The van der Waals surface area contributed by atoms with Gasteiger partial charge in [0, 0.05) is 19.5 Å². The molecule has 2 heterocycles. The number of likely N-dealkylation sites (tertiary alicyclic amines) is 2. The number of nitrogens with zero attached hydrogens (tertiary/aromatic N) is 2. The molecule has 1 aromatic carbocycles. The average Bonchev–Trinajstić information content (AvgIpc) is 3.22. The summed E-state index contributed by atoms with van der Waals surface area (Å²) in [5.41, 5.74) is 6.45. The minimum Gasteiger partial charge on any atom is -0.497 e. The first-order chi connectivity index (χ1) is 14.9. The van der Waals surface area contributed by atoms with Crippen molar-refractivity contribution in [3.63, 3.8) is 0 Å². The van der Waals surface area contributed by atoms with Gasteiger partial charge in [-0.2, -0.15) is 0 Å². The quantitative estimate of drug-likeness (QED) is 0.613. The van der Waals surface area contributed by atoms with Crippen LogP contribution in [-0.4, -0.2) is 72.0 Å². The van der Waals surface area contributed by atoms with Crippen molar-refractivity contribution in [2.24, 2.45) is 17.6 Å². The lowest BCUT2D eigenvalue weighted by atomic mass is 9.81. The van der Waals surface area contributed by atoms with Gasteiger partial charge in [-0.05, 0) is 68.3 Å². The molecule has 3 N–H and O–H groups in total. The van der Waals surface area contributed by atoms with E-state index in [1.807, 2.05) is 29.2 Å². The van der Waals surface area contributed by atoms with Gasteiger partial charge in [-0.15, -0.1) is 0 Å². The summed E-state index contributed by atoms with van der Waals surface area (Å²) < 4.78 is 5.16. The van der Waals surface area contributed by atoms with Crippen molar-refractivity contribution < 1.29 is 24.2 Å². The van der Waals surface area contributed by atoms with Crippen LogP contribution in [0.3, 0.4) is 0 Å². The molecular formula is C23H33N3O5. The van der Waals surface area contributed by atoms with Gasteiger partial charge in [0.2, 0.25) is 11.8 Å². The molecule has 2 aliphatic rings. The smallest absolute Gasteiger partial charge is 0.303 e. The summed E-state index contributed by atoms with van der Waals surface area (Å²) in [6.07, 6.45) is 3.60. The van der Waals surface area contributed by atoms with E-state index in [2.05, 4.69) is 4.90 Å². The summed E-state index contributed by atoms with van der Waals surface area (Å²) in [7, 11) is 1.61. The molecule has 0 spiro atoms. The normalized spacial score (nSPS) is 24.2. The number of benzene rings is 1. The van der Waals surface area contributed by atoms with E-state index in [4.69, 9.17) is 10.5 Å². The highest BCUT2D eigenvalue weighted by atomic mass is 16.5. The molecule has 0 aliphatic carbocycles. The topological polar surface area (TPSA) is 113 Å². The number of piperidine rings is 1. The van der Waals surface area contributed by atoms with E-state index in [-0.39, 0.29) is 36.1 Å². The van der Waals surface area contributed by atoms with Crippen LogP contribution in [0.1, 0.15) is 37.7 Å². The summed E-state index contributed by atoms with van der Waals surface area (Å²) in [6.45, 7) is 2.68. The van der Waals surface area contributed by atoms with Crippen LogP contribution in [0.2, 0.25) is 0 Å². The van der Waals surface area contributed by atoms with Crippen LogP contribution in [0, 0.1) is 11.8 Å². The lowest BCUT2D eigenvalue weighted by Gasteiger charge is -2.39. The number of carbonyl (C=O) groups excluding carboxylic acids is 2. The Bertz CT molecular complexity index is 782. The van der Waals surface area contributed by atoms with E-state index in [1.165, 1.54) is 0 Å². The van der Waals surface area contributed by atoms with Gasteiger partial charge >= 0.3 is 5.97 Å². The third kappa shape index (κ3) is 6.19. The zero-order valence-corrected chi connectivity index (χ0v) is 18.2. The van der Waals surface area contributed by atoms with Crippen molar-refractivity contribution in [2.75, 3.05) is 33.3 Å². The Kier molecular flexibility index (Phi) is 7.90. The summed E-state index contributed by atoms with van der Waals surface area (Å²) >= 11 is 0. The molecule has 3 unspecified atom stereocenters. The summed E-state index contributed by atoms with van der Waals surface area (Å²) in [6, 6.07) is 7.24. The fourth-order valence-corrected chi connectivity index (χ4v) is 4.90. The Labute approximate surface area is 183 Å². The van der Waals surface area contributed by atoms with E-state index in [9.17, 15) is 19.5 Å². The standard InChI is InChI=1S/C23H33N3O5/c1-31-19-6-4-16(5-7-19)13-21(27)26-12-8-17(14-22(28)29)18(15-26)9-11-25-10-2-3-20(25)23(24)30/h4-7,17-18,20H,2-3,8-15H2,1H3,(H2,24,30)(H,28,29). The lowest BCUT2D eigenvalue weighted by Crippen LogP contribution is -2.47. The molecule has 1 aromatic rings. The minimum absolute atomic E-state index is 0.0390. The van der Waals surface area contributed by atoms with E-state index >= 15 is 0 Å². The Morgan fingerprint density at radius 2 is 1.87 bits per heavy atom. The predicted molar refractivity (Wildman–Crippen MR) is 116 cm³/mol. The molecule has 0 aromatic heterocycles. The number of amides is 2. The van der Waals surface area contributed by atoms with Crippen LogP contribution in [-0.2, 0) is 20.8 Å². The largest absolute Gasteiger partial charge is 0.497 e. The number of ether oxygens (including phenoxy) is 1. The van der Waals surface area contributed by atoms with Crippen molar-refractivity contribution in [2.45, 2.75) is 44.6 Å². The van der Waals surface area contributed by atoms with Gasteiger partial charge in [-0.1, -0.05) is 12.1 Å². The molecule has 8 nitrogen and oxygen atoms in total. The first-order valence-electron chi connectivity index (χ1n) is 11.0. The van der Waals surface area contributed by atoms with Gasteiger partial charge < -0.3 is 20.5 Å².